The largest absolute Gasteiger partial charge is 0.454 e. The zero-order valence-corrected chi connectivity index (χ0v) is 16.1. The number of hydrogen-bond acceptors (Lipinski definition) is 5. The van der Waals surface area contributed by atoms with Crippen LogP contribution in [0.15, 0.2) is 24.3 Å². The maximum Gasteiger partial charge on any atom is 0.331 e. The van der Waals surface area contributed by atoms with Gasteiger partial charge in [0.15, 0.2) is 17.6 Å². The average Bonchev–Trinajstić information content (AvgIpc) is 3.11. The molecule has 2 aliphatic rings. The summed E-state index contributed by atoms with van der Waals surface area (Å²) in [7, 11) is 0. The van der Waals surface area contributed by atoms with Crippen molar-refractivity contribution < 1.29 is 23.8 Å². The number of nitrogens with one attached hydrogen (secondary N) is 1. The summed E-state index contributed by atoms with van der Waals surface area (Å²) < 4.78 is 15.8. The van der Waals surface area contributed by atoms with Gasteiger partial charge in [0.25, 0.3) is 5.91 Å². The van der Waals surface area contributed by atoms with Gasteiger partial charge in [0.1, 0.15) is 0 Å². The van der Waals surface area contributed by atoms with Crippen molar-refractivity contribution in [2.75, 3.05) is 6.79 Å². The third kappa shape index (κ3) is 4.81. The van der Waals surface area contributed by atoms with Crippen LogP contribution < -0.4 is 14.8 Å². The first kappa shape index (κ1) is 19.3. The van der Waals surface area contributed by atoms with Crippen molar-refractivity contribution in [3.8, 4) is 11.5 Å². The van der Waals surface area contributed by atoms with E-state index in [1.165, 1.54) is 12.5 Å². The van der Waals surface area contributed by atoms with Crippen LogP contribution in [0.2, 0.25) is 0 Å². The minimum absolute atomic E-state index is 0.145. The van der Waals surface area contributed by atoms with E-state index in [-0.39, 0.29) is 18.7 Å². The van der Waals surface area contributed by atoms with Crippen molar-refractivity contribution in [1.82, 2.24) is 5.32 Å². The molecule has 0 radical (unpaired) electrons. The fourth-order valence-corrected chi connectivity index (χ4v) is 3.53. The lowest BCUT2D eigenvalue weighted by atomic mass is 9.78. The lowest BCUT2D eigenvalue weighted by molar-refractivity contribution is -0.150. The van der Waals surface area contributed by atoms with Crippen LogP contribution in [0.25, 0.3) is 6.08 Å². The smallest absolute Gasteiger partial charge is 0.331 e. The number of fused-ring (bicyclic) bond motifs is 1. The summed E-state index contributed by atoms with van der Waals surface area (Å²) in [5.74, 6) is 1.55. The predicted octanol–water partition coefficient (Wildman–Crippen LogP) is 3.30. The highest BCUT2D eigenvalue weighted by Crippen LogP contribution is 2.33. The van der Waals surface area contributed by atoms with Crippen molar-refractivity contribution in [1.29, 1.82) is 0 Å². The number of hydrogen-bond donors (Lipinski definition) is 1. The Morgan fingerprint density at radius 2 is 2.00 bits per heavy atom. The van der Waals surface area contributed by atoms with Crippen LogP contribution >= 0.6 is 0 Å². The first-order chi connectivity index (χ1) is 12.9. The summed E-state index contributed by atoms with van der Waals surface area (Å²) in [6, 6.07) is 5.54. The Kier molecular flexibility index (Phi) is 6.04. The first-order valence-corrected chi connectivity index (χ1v) is 9.52. The number of amides is 1. The van der Waals surface area contributed by atoms with Gasteiger partial charge in [0, 0.05) is 12.1 Å². The van der Waals surface area contributed by atoms with E-state index in [0.717, 1.165) is 18.4 Å². The lowest BCUT2D eigenvalue weighted by Gasteiger charge is -2.35. The lowest BCUT2D eigenvalue weighted by Crippen LogP contribution is -2.47. The van der Waals surface area contributed by atoms with E-state index < -0.39 is 12.1 Å². The maximum atomic E-state index is 12.4. The van der Waals surface area contributed by atoms with Crippen LogP contribution in [0.4, 0.5) is 0 Å². The van der Waals surface area contributed by atoms with Gasteiger partial charge in [0.05, 0.1) is 0 Å². The Bertz CT molecular complexity index is 729. The molecule has 0 unspecified atom stereocenters. The minimum Gasteiger partial charge on any atom is -0.454 e. The van der Waals surface area contributed by atoms with Crippen molar-refractivity contribution >= 4 is 18.0 Å². The maximum absolute atomic E-state index is 12.4. The molecule has 0 aromatic heterocycles. The molecule has 0 bridgehead atoms. The van der Waals surface area contributed by atoms with E-state index in [4.69, 9.17) is 14.2 Å². The number of carbonyl (C=O) groups excluding carboxylic acids is 2. The van der Waals surface area contributed by atoms with Crippen LogP contribution in [0.1, 0.15) is 45.6 Å². The van der Waals surface area contributed by atoms with Gasteiger partial charge in [-0.1, -0.05) is 32.8 Å². The van der Waals surface area contributed by atoms with E-state index in [9.17, 15) is 9.59 Å². The van der Waals surface area contributed by atoms with Gasteiger partial charge in [-0.15, -0.1) is 0 Å². The Hall–Kier alpha value is -2.50. The van der Waals surface area contributed by atoms with Gasteiger partial charge < -0.3 is 19.5 Å². The highest BCUT2D eigenvalue weighted by Gasteiger charge is 2.29. The zero-order valence-electron chi connectivity index (χ0n) is 16.1. The van der Waals surface area contributed by atoms with E-state index >= 15 is 0 Å². The molecule has 1 aliphatic carbocycles. The summed E-state index contributed by atoms with van der Waals surface area (Å²) in [6.07, 6.45) is 5.39. The standard InChI is InChI=1S/C21H27NO5/c1-13-5-4-6-17(14(13)2)22-21(24)15(3)27-20(23)10-8-16-7-9-18-19(11-16)26-12-25-18/h7-11,13-15,17H,4-6,12H2,1-3H3,(H,22,24)/b10-8+/t13-,14+,15+,17+/m0/s1. The molecule has 3 rings (SSSR count). The van der Waals surface area contributed by atoms with E-state index in [2.05, 4.69) is 19.2 Å². The number of benzene rings is 1. The van der Waals surface area contributed by atoms with E-state index in [1.807, 2.05) is 6.07 Å². The molecule has 4 atom stereocenters. The molecular weight excluding hydrogens is 346 g/mol. The molecule has 1 aromatic rings. The van der Waals surface area contributed by atoms with E-state index in [1.54, 1.807) is 25.1 Å². The van der Waals surface area contributed by atoms with Crippen LogP contribution in [0.3, 0.4) is 0 Å². The number of carbonyl (C=O) groups is 2. The van der Waals surface area contributed by atoms with Gasteiger partial charge in [-0.3, -0.25) is 4.79 Å². The third-order valence-electron chi connectivity index (χ3n) is 5.51. The summed E-state index contributed by atoms with van der Waals surface area (Å²) in [6.45, 7) is 6.18. The van der Waals surface area contributed by atoms with Gasteiger partial charge in [-0.05, 0) is 49.0 Å². The molecule has 1 N–H and O–H groups in total. The predicted molar refractivity (Wildman–Crippen MR) is 101 cm³/mol. The molecule has 6 nitrogen and oxygen atoms in total. The topological polar surface area (TPSA) is 73.9 Å². The zero-order chi connectivity index (χ0) is 19.4. The molecule has 1 aromatic carbocycles. The molecule has 1 saturated carbocycles. The average molecular weight is 373 g/mol. The molecule has 1 aliphatic heterocycles. The molecule has 1 fully saturated rings. The second kappa shape index (κ2) is 8.46. The Balaban J connectivity index is 1.50. The molecule has 1 amide bonds. The van der Waals surface area contributed by atoms with Gasteiger partial charge in [0.2, 0.25) is 6.79 Å². The second-order valence-corrected chi connectivity index (χ2v) is 7.41. The Morgan fingerprint density at radius 1 is 1.22 bits per heavy atom. The van der Waals surface area contributed by atoms with Crippen molar-refractivity contribution in [3.05, 3.63) is 29.8 Å². The molecule has 146 valence electrons. The number of ether oxygens (including phenoxy) is 3. The van der Waals surface area contributed by atoms with Crippen molar-refractivity contribution in [3.63, 3.8) is 0 Å². The summed E-state index contributed by atoms with van der Waals surface area (Å²) in [4.78, 5) is 24.4. The van der Waals surface area contributed by atoms with Crippen molar-refractivity contribution in [2.24, 2.45) is 11.8 Å². The molecule has 0 spiro atoms. The normalized spacial score (nSPS) is 25.2. The van der Waals surface area contributed by atoms with Crippen molar-refractivity contribution in [2.45, 2.75) is 52.2 Å². The number of rotatable bonds is 5. The Labute approximate surface area is 159 Å². The highest BCUT2D eigenvalue weighted by atomic mass is 16.7. The first-order valence-electron chi connectivity index (χ1n) is 9.52. The molecule has 1 heterocycles. The SMILES string of the molecule is C[C@@H]1[C@@H](C)CCC[C@H]1NC(=O)[C@@H](C)OC(=O)/C=C/c1ccc2c(c1)OCO2. The van der Waals surface area contributed by atoms with Crippen LogP contribution in [0, 0.1) is 11.8 Å². The van der Waals surface area contributed by atoms with Gasteiger partial charge in [-0.25, -0.2) is 4.79 Å². The third-order valence-corrected chi connectivity index (χ3v) is 5.51. The fraction of sp³-hybridized carbons (Fsp3) is 0.524. The summed E-state index contributed by atoms with van der Waals surface area (Å²) >= 11 is 0. The monoisotopic (exact) mass is 373 g/mol. The van der Waals surface area contributed by atoms with Crippen LogP contribution in [-0.2, 0) is 14.3 Å². The second-order valence-electron chi connectivity index (χ2n) is 7.41. The van der Waals surface area contributed by atoms with Crippen LogP contribution in [-0.4, -0.2) is 30.8 Å². The molecule has 0 saturated heterocycles. The molecule has 6 heteroatoms. The van der Waals surface area contributed by atoms with Gasteiger partial charge in [-0.2, -0.15) is 0 Å². The molecular formula is C21H27NO5. The summed E-state index contributed by atoms with van der Waals surface area (Å²) in [5, 5.41) is 3.04. The Morgan fingerprint density at radius 3 is 2.81 bits per heavy atom. The quantitative estimate of drug-likeness (QED) is 0.633. The molecule has 27 heavy (non-hydrogen) atoms. The number of esters is 1. The minimum atomic E-state index is -0.830. The summed E-state index contributed by atoms with van der Waals surface area (Å²) in [5.41, 5.74) is 0.790. The fourth-order valence-electron chi connectivity index (χ4n) is 3.53. The highest BCUT2D eigenvalue weighted by molar-refractivity contribution is 5.90. The van der Waals surface area contributed by atoms with E-state index in [0.29, 0.717) is 23.3 Å². The van der Waals surface area contributed by atoms with Crippen LogP contribution in [0.5, 0.6) is 11.5 Å². The van der Waals surface area contributed by atoms with Gasteiger partial charge >= 0.3 is 5.97 Å².